The van der Waals surface area contributed by atoms with Crippen LogP contribution in [0.25, 0.3) is 54.5 Å². The van der Waals surface area contributed by atoms with Gasteiger partial charge in [-0.3, -0.25) is 0 Å². The molecule has 3 heterocycles. The minimum Gasteiger partial charge on any atom is -0.375 e. The smallest absolute Gasteiger partial charge is 0.333 e. The summed E-state index contributed by atoms with van der Waals surface area (Å²) in [5.41, 5.74) is 21.5. The van der Waals surface area contributed by atoms with Crippen molar-refractivity contribution in [1.29, 1.82) is 0 Å². The van der Waals surface area contributed by atoms with Gasteiger partial charge in [0, 0.05) is 44.1 Å². The second-order valence-electron chi connectivity index (χ2n) is 27.3. The van der Waals surface area contributed by atoms with Gasteiger partial charge < -0.3 is 9.38 Å². The quantitative estimate of drug-likeness (QED) is 0.160. The molecule has 348 valence electrons. The van der Waals surface area contributed by atoms with Crippen molar-refractivity contribution in [2.75, 3.05) is 4.90 Å². The lowest BCUT2D eigenvalue weighted by Crippen LogP contribution is -2.57. The Morgan fingerprint density at radius 2 is 1.04 bits per heavy atom. The number of anilines is 3. The summed E-state index contributed by atoms with van der Waals surface area (Å²) >= 11 is 0. The SMILES string of the molecule is Cc1cc2c(cc1N1c3cc4ccccc4cc3B3c4c(cc5ccccc5c41)-c1cc(C45CC6CC(CC(C6)C4)C5)cc4c5cc(C67CC8CC(CC(C8)C6)C7)ccc5n3c14)C(C)(C)CCC2(C)C. The van der Waals surface area contributed by atoms with Crippen LogP contribution in [0.15, 0.2) is 109 Å². The number of hydrogen-bond acceptors (Lipinski definition) is 1. The normalized spacial score (nSPS) is 31.0. The van der Waals surface area contributed by atoms with Gasteiger partial charge in [-0.2, -0.15) is 0 Å². The van der Waals surface area contributed by atoms with E-state index >= 15 is 0 Å². The van der Waals surface area contributed by atoms with Gasteiger partial charge in [0.2, 0.25) is 0 Å². The van der Waals surface area contributed by atoms with Crippen molar-refractivity contribution in [2.24, 2.45) is 35.5 Å². The molecule has 2 nitrogen and oxygen atoms in total. The van der Waals surface area contributed by atoms with Crippen molar-refractivity contribution in [3.63, 3.8) is 0 Å². The molecule has 8 bridgehead atoms. The molecule has 0 saturated heterocycles. The Hall–Kier alpha value is -5.28. The van der Waals surface area contributed by atoms with Crippen LogP contribution in [0.2, 0.25) is 0 Å². The first-order valence-corrected chi connectivity index (χ1v) is 28.1. The fraction of sp³-hybridized carbons (Fsp3) is 0.433. The molecule has 11 aliphatic rings. The van der Waals surface area contributed by atoms with E-state index in [-0.39, 0.29) is 23.1 Å². The largest absolute Gasteiger partial charge is 0.375 e. The van der Waals surface area contributed by atoms with Crippen molar-refractivity contribution in [3.8, 4) is 11.1 Å². The summed E-state index contributed by atoms with van der Waals surface area (Å²) in [6.45, 7) is 12.4. The highest BCUT2D eigenvalue weighted by Crippen LogP contribution is 2.64. The third-order valence-electron chi connectivity index (χ3n) is 22.1. The second-order valence-corrected chi connectivity index (χ2v) is 27.3. The van der Waals surface area contributed by atoms with Gasteiger partial charge in [-0.05, 0) is 257 Å². The van der Waals surface area contributed by atoms with Crippen LogP contribution < -0.4 is 15.8 Å². The highest BCUT2D eigenvalue weighted by molar-refractivity contribution is 6.90. The maximum atomic E-state index is 2.91. The summed E-state index contributed by atoms with van der Waals surface area (Å²) in [4.78, 5) is 2.79. The predicted octanol–water partition coefficient (Wildman–Crippen LogP) is 16.1. The van der Waals surface area contributed by atoms with Crippen LogP contribution in [0.4, 0.5) is 17.1 Å². The Kier molecular flexibility index (Phi) is 7.62. The summed E-state index contributed by atoms with van der Waals surface area (Å²) in [6, 6.07) is 45.5. The summed E-state index contributed by atoms with van der Waals surface area (Å²) < 4.78 is 2.91. The fourth-order valence-electron chi connectivity index (χ4n) is 19.7. The number of fused-ring (bicyclic) bond motifs is 11. The van der Waals surface area contributed by atoms with E-state index in [0.29, 0.717) is 5.41 Å². The molecule has 8 fully saturated rings. The average Bonchev–Trinajstić information content (AvgIpc) is 3.68. The predicted molar refractivity (Wildman–Crippen MR) is 295 cm³/mol. The van der Waals surface area contributed by atoms with Gasteiger partial charge in [0.05, 0.1) is 5.69 Å². The number of hydrogen-bond donors (Lipinski definition) is 0. The molecule has 0 unspecified atom stereocenters. The van der Waals surface area contributed by atoms with Gasteiger partial charge in [0.25, 0.3) is 0 Å². The van der Waals surface area contributed by atoms with Crippen LogP contribution in [0.1, 0.15) is 145 Å². The molecule has 3 heteroatoms. The van der Waals surface area contributed by atoms with Crippen LogP contribution >= 0.6 is 0 Å². The first-order chi connectivity index (χ1) is 33.9. The van der Waals surface area contributed by atoms with Crippen LogP contribution in [-0.2, 0) is 21.7 Å². The van der Waals surface area contributed by atoms with Crippen molar-refractivity contribution < 1.29 is 0 Å². The molecule has 0 N–H and O–H groups in total. The van der Waals surface area contributed by atoms with E-state index in [1.807, 2.05) is 0 Å². The molecule has 70 heavy (non-hydrogen) atoms. The van der Waals surface area contributed by atoms with Crippen LogP contribution in [-0.4, -0.2) is 11.3 Å². The van der Waals surface area contributed by atoms with Gasteiger partial charge in [0.1, 0.15) is 0 Å². The van der Waals surface area contributed by atoms with E-state index in [1.54, 1.807) is 16.7 Å². The summed E-state index contributed by atoms with van der Waals surface area (Å²) in [6.07, 6.45) is 19.7. The van der Waals surface area contributed by atoms with Gasteiger partial charge in [-0.25, -0.2) is 0 Å². The Bertz CT molecular complexity index is 3600. The zero-order valence-corrected chi connectivity index (χ0v) is 42.2. The summed E-state index contributed by atoms with van der Waals surface area (Å²) in [5.74, 6) is 5.47. The Morgan fingerprint density at radius 3 is 1.69 bits per heavy atom. The zero-order chi connectivity index (χ0) is 46.4. The monoisotopic (exact) mass is 911 g/mol. The van der Waals surface area contributed by atoms with Gasteiger partial charge in [-0.1, -0.05) is 94.4 Å². The third-order valence-corrected chi connectivity index (χ3v) is 22.1. The summed E-state index contributed by atoms with van der Waals surface area (Å²) in [5, 5.41) is 8.41. The minimum atomic E-state index is 0.0297. The van der Waals surface area contributed by atoms with Crippen molar-refractivity contribution in [1.82, 2.24) is 4.48 Å². The molecule has 0 amide bonds. The van der Waals surface area contributed by atoms with Gasteiger partial charge >= 0.3 is 6.85 Å². The van der Waals surface area contributed by atoms with E-state index in [0.717, 1.165) is 35.5 Å². The minimum absolute atomic E-state index is 0.0297. The Morgan fingerprint density at radius 1 is 0.486 bits per heavy atom. The van der Waals surface area contributed by atoms with E-state index in [1.165, 1.54) is 183 Å². The topological polar surface area (TPSA) is 8.17 Å². The third kappa shape index (κ3) is 5.18. The number of rotatable bonds is 3. The molecule has 8 saturated carbocycles. The lowest BCUT2D eigenvalue weighted by Gasteiger charge is -2.57. The van der Waals surface area contributed by atoms with E-state index < -0.39 is 0 Å². The second kappa shape index (κ2) is 13.2. The highest BCUT2D eigenvalue weighted by atomic mass is 15.2. The van der Waals surface area contributed by atoms with Crippen molar-refractivity contribution in [3.05, 3.63) is 137 Å². The standard InChI is InChI=1S/C67H67BN2/c1-38-18-55-56(65(4,5)17-16-64(55,2)3)31-59(38)69-60-27-46-11-7-6-10-45(46)26-57(60)68-61-52(25-47-12-8-9-13-50(47)63(61)69)54-30-49(67-35-42-22-43(36-67)24-44(23-42)37-67)29-53-51-28-48(14-15-58(51)70(68)62(53)54)66-32-39-19-40(33-66)21-41(20-39)34-66/h6-15,18,25-31,39-44H,16-17,19-24,32-37H2,1-5H3. The summed E-state index contributed by atoms with van der Waals surface area (Å²) in [7, 11) is 0. The first kappa shape index (κ1) is 40.3. The molecule has 9 aliphatic carbocycles. The van der Waals surface area contributed by atoms with Crippen LogP contribution in [0.5, 0.6) is 0 Å². The highest BCUT2D eigenvalue weighted by Gasteiger charge is 2.54. The van der Waals surface area contributed by atoms with Gasteiger partial charge in [-0.15, -0.1) is 0 Å². The van der Waals surface area contributed by atoms with E-state index in [2.05, 4.69) is 153 Å². The van der Waals surface area contributed by atoms with E-state index in [4.69, 9.17) is 0 Å². The van der Waals surface area contributed by atoms with Crippen LogP contribution in [0.3, 0.4) is 0 Å². The van der Waals surface area contributed by atoms with Crippen molar-refractivity contribution in [2.45, 2.75) is 146 Å². The lowest BCUT2D eigenvalue weighted by atomic mass is 9.44. The maximum Gasteiger partial charge on any atom is 0.333 e. The number of aryl methyl sites for hydroxylation is 1. The molecule has 7 aromatic carbocycles. The fourth-order valence-corrected chi connectivity index (χ4v) is 19.7. The molecule has 19 rings (SSSR count). The van der Waals surface area contributed by atoms with Gasteiger partial charge in [0.15, 0.2) is 0 Å². The Labute approximate surface area is 415 Å². The number of benzene rings is 7. The zero-order valence-electron chi connectivity index (χ0n) is 42.2. The van der Waals surface area contributed by atoms with Crippen molar-refractivity contribution >= 4 is 78.2 Å². The Balaban J connectivity index is 0.999. The molecule has 1 aromatic heterocycles. The average molecular weight is 911 g/mol. The van der Waals surface area contributed by atoms with E-state index in [9.17, 15) is 0 Å². The maximum absolute atomic E-state index is 2.91. The molecule has 0 spiro atoms. The molecular weight excluding hydrogens is 844 g/mol. The lowest BCUT2D eigenvalue weighted by molar-refractivity contribution is -0.00527. The molecule has 0 radical (unpaired) electrons. The number of aromatic nitrogens is 1. The number of nitrogens with zero attached hydrogens (tertiary/aromatic N) is 2. The molecule has 2 aliphatic heterocycles. The molecule has 8 aromatic rings. The first-order valence-electron chi connectivity index (χ1n) is 28.1. The van der Waals surface area contributed by atoms with Crippen LogP contribution in [0, 0.1) is 42.4 Å². The molecular formula is C67H67BN2. The molecule has 0 atom stereocenters.